The lowest BCUT2D eigenvalue weighted by Gasteiger charge is -1.93. The van der Waals surface area contributed by atoms with Gasteiger partial charge in [0.15, 0.2) is 0 Å². The highest BCUT2D eigenvalue weighted by Gasteiger charge is 2.01. The molecule has 0 saturated carbocycles. The van der Waals surface area contributed by atoms with E-state index in [4.69, 9.17) is 4.42 Å². The maximum Gasteiger partial charge on any atom is 0.347 e. The number of para-hydroxylation sites is 1. The third kappa shape index (κ3) is 1.22. The van der Waals surface area contributed by atoms with Crippen LogP contribution in [-0.2, 0) is 0 Å². The van der Waals surface area contributed by atoms with Gasteiger partial charge in [-0.2, -0.15) is 0 Å². The number of hydrogen-bond acceptors (Lipinski definition) is 3. The molecule has 2 aromatic rings. The second kappa shape index (κ2) is 2.85. The van der Waals surface area contributed by atoms with Crippen LogP contribution in [0.4, 0.5) is 0 Å². The summed E-state index contributed by atoms with van der Waals surface area (Å²) in [6.45, 7) is 0. The summed E-state index contributed by atoms with van der Waals surface area (Å²) in [4.78, 5) is 15.2. The van der Waals surface area contributed by atoms with Crippen molar-refractivity contribution in [2.45, 2.75) is 0 Å². The molecule has 3 nitrogen and oxygen atoms in total. The van der Waals surface area contributed by atoms with Crippen molar-refractivity contribution in [2.75, 3.05) is 0 Å². The molecule has 0 bridgehead atoms. The smallest absolute Gasteiger partial charge is 0.347 e. The molecular weight excluding hydrogens is 269 g/mol. The Kier molecular flexibility index (Phi) is 1.84. The summed E-state index contributed by atoms with van der Waals surface area (Å²) in [6, 6.07) is 7.11. The largest absolute Gasteiger partial charge is 0.398 e. The summed E-state index contributed by atoms with van der Waals surface area (Å²) >= 11 is 1.88. The Balaban J connectivity index is 2.99. The molecule has 0 fully saturated rings. The Labute approximate surface area is 81.6 Å². The van der Waals surface area contributed by atoms with Gasteiger partial charge in [-0.3, -0.25) is 0 Å². The quantitative estimate of drug-likeness (QED) is 0.687. The SMILES string of the molecule is O=c1oc(I)nc2ccccc12. The van der Waals surface area contributed by atoms with Gasteiger partial charge in [-0.1, -0.05) is 12.1 Å². The second-order valence-electron chi connectivity index (χ2n) is 2.27. The number of halogens is 1. The lowest BCUT2D eigenvalue weighted by molar-refractivity contribution is 0.469. The fraction of sp³-hybridized carbons (Fsp3) is 0. The van der Waals surface area contributed by atoms with Gasteiger partial charge in [0.2, 0.25) is 0 Å². The number of benzene rings is 1. The number of rotatable bonds is 0. The number of nitrogens with zero attached hydrogens (tertiary/aromatic N) is 1. The molecule has 12 heavy (non-hydrogen) atoms. The first-order valence-electron chi connectivity index (χ1n) is 3.33. The van der Waals surface area contributed by atoms with Gasteiger partial charge in [0.05, 0.1) is 10.9 Å². The molecule has 0 atom stereocenters. The first-order valence-corrected chi connectivity index (χ1v) is 4.40. The minimum Gasteiger partial charge on any atom is -0.398 e. The Bertz CT molecular complexity index is 478. The maximum absolute atomic E-state index is 11.2. The molecule has 2 rings (SSSR count). The van der Waals surface area contributed by atoms with Gasteiger partial charge < -0.3 is 4.42 Å². The first kappa shape index (κ1) is 7.72. The summed E-state index contributed by atoms with van der Waals surface area (Å²) in [5.41, 5.74) is 0.350. The Morgan fingerprint density at radius 1 is 1.33 bits per heavy atom. The molecule has 0 radical (unpaired) electrons. The van der Waals surface area contributed by atoms with Crippen LogP contribution >= 0.6 is 22.6 Å². The fourth-order valence-corrected chi connectivity index (χ4v) is 1.45. The summed E-state index contributed by atoms with van der Waals surface area (Å²) in [6.07, 6.45) is 0. The third-order valence-electron chi connectivity index (χ3n) is 1.51. The number of aromatic nitrogens is 1. The van der Waals surface area contributed by atoms with Crippen LogP contribution in [0.15, 0.2) is 33.5 Å². The van der Waals surface area contributed by atoms with Crippen LogP contribution in [0.1, 0.15) is 0 Å². The zero-order valence-electron chi connectivity index (χ0n) is 5.95. The van der Waals surface area contributed by atoms with Gasteiger partial charge in [0.25, 0.3) is 3.90 Å². The topological polar surface area (TPSA) is 43.1 Å². The summed E-state index contributed by atoms with van der Waals surface area (Å²) < 4.78 is 5.18. The summed E-state index contributed by atoms with van der Waals surface area (Å²) in [5.74, 6) is 0. The van der Waals surface area contributed by atoms with Gasteiger partial charge in [0.1, 0.15) is 0 Å². The average Bonchev–Trinajstić information content (AvgIpc) is 2.04. The molecule has 4 heteroatoms. The van der Waals surface area contributed by atoms with E-state index in [0.717, 1.165) is 0 Å². The average molecular weight is 273 g/mol. The summed E-state index contributed by atoms with van der Waals surface area (Å²) in [7, 11) is 0. The summed E-state index contributed by atoms with van der Waals surface area (Å²) in [5, 5.41) is 0.526. The Morgan fingerprint density at radius 3 is 2.92 bits per heavy atom. The molecular formula is C8H4INO2. The number of hydrogen-bond donors (Lipinski definition) is 0. The van der Waals surface area contributed by atoms with Crippen LogP contribution in [0.5, 0.6) is 0 Å². The highest BCUT2D eigenvalue weighted by Crippen LogP contribution is 2.07. The van der Waals surface area contributed by atoms with E-state index in [1.54, 1.807) is 18.2 Å². The third-order valence-corrected chi connectivity index (χ3v) is 1.97. The standard InChI is InChI=1S/C8H4INO2/c9-8-10-6-4-2-1-3-5(6)7(11)12-8/h1-4H. The lowest BCUT2D eigenvalue weighted by Crippen LogP contribution is -2.02. The first-order chi connectivity index (χ1) is 5.77. The van der Waals surface area contributed by atoms with Crippen LogP contribution in [0, 0.1) is 3.90 Å². The van der Waals surface area contributed by atoms with E-state index in [0.29, 0.717) is 14.8 Å². The van der Waals surface area contributed by atoms with E-state index < -0.39 is 0 Å². The molecule has 0 unspecified atom stereocenters. The van der Waals surface area contributed by atoms with E-state index in [-0.39, 0.29) is 5.63 Å². The van der Waals surface area contributed by atoms with Crippen LogP contribution in [0.3, 0.4) is 0 Å². The molecule has 0 aliphatic carbocycles. The van der Waals surface area contributed by atoms with Crippen LogP contribution in [0.25, 0.3) is 10.9 Å². The van der Waals surface area contributed by atoms with E-state index >= 15 is 0 Å². The normalized spacial score (nSPS) is 10.4. The van der Waals surface area contributed by atoms with Crippen molar-refractivity contribution in [1.82, 2.24) is 4.98 Å². The van der Waals surface area contributed by atoms with Gasteiger partial charge in [-0.05, 0) is 12.1 Å². The van der Waals surface area contributed by atoms with Crippen LogP contribution in [-0.4, -0.2) is 4.98 Å². The molecule has 0 N–H and O–H groups in total. The van der Waals surface area contributed by atoms with Gasteiger partial charge in [0, 0.05) is 22.6 Å². The maximum atomic E-state index is 11.2. The molecule has 0 aliphatic heterocycles. The minimum atomic E-state index is -0.329. The molecule has 0 spiro atoms. The molecule has 1 aromatic heterocycles. The van der Waals surface area contributed by atoms with Gasteiger partial charge >= 0.3 is 5.63 Å². The number of fused-ring (bicyclic) bond motifs is 1. The van der Waals surface area contributed by atoms with Crippen LogP contribution in [0.2, 0.25) is 0 Å². The van der Waals surface area contributed by atoms with E-state index in [1.807, 2.05) is 28.7 Å². The zero-order valence-corrected chi connectivity index (χ0v) is 8.11. The monoisotopic (exact) mass is 273 g/mol. The Hall–Kier alpha value is -0.910. The van der Waals surface area contributed by atoms with E-state index in [9.17, 15) is 4.79 Å². The van der Waals surface area contributed by atoms with Crippen molar-refractivity contribution in [3.05, 3.63) is 38.6 Å². The molecule has 0 aliphatic rings. The molecule has 1 aromatic carbocycles. The van der Waals surface area contributed by atoms with E-state index in [2.05, 4.69) is 4.98 Å². The predicted molar refractivity (Wildman–Crippen MR) is 53.0 cm³/mol. The van der Waals surface area contributed by atoms with Crippen molar-refractivity contribution in [3.8, 4) is 0 Å². The molecule has 0 saturated heterocycles. The van der Waals surface area contributed by atoms with E-state index in [1.165, 1.54) is 0 Å². The van der Waals surface area contributed by atoms with Gasteiger partial charge in [-0.25, -0.2) is 9.78 Å². The Morgan fingerprint density at radius 2 is 2.08 bits per heavy atom. The molecule has 60 valence electrons. The minimum absolute atomic E-state index is 0.329. The lowest BCUT2D eigenvalue weighted by atomic mass is 10.2. The van der Waals surface area contributed by atoms with Crippen molar-refractivity contribution in [1.29, 1.82) is 0 Å². The van der Waals surface area contributed by atoms with Crippen molar-refractivity contribution >= 4 is 33.5 Å². The van der Waals surface area contributed by atoms with Crippen molar-refractivity contribution in [2.24, 2.45) is 0 Å². The van der Waals surface area contributed by atoms with Gasteiger partial charge in [-0.15, -0.1) is 0 Å². The highest BCUT2D eigenvalue weighted by molar-refractivity contribution is 14.1. The van der Waals surface area contributed by atoms with Crippen LogP contribution < -0.4 is 5.63 Å². The fourth-order valence-electron chi connectivity index (χ4n) is 0.993. The van der Waals surface area contributed by atoms with Crippen molar-refractivity contribution < 1.29 is 4.42 Å². The zero-order chi connectivity index (χ0) is 8.55. The molecule has 0 amide bonds. The predicted octanol–water partition coefficient (Wildman–Crippen LogP) is 1.79. The molecule has 1 heterocycles. The second-order valence-corrected chi connectivity index (χ2v) is 3.19. The highest BCUT2D eigenvalue weighted by atomic mass is 127. The van der Waals surface area contributed by atoms with Crippen molar-refractivity contribution in [3.63, 3.8) is 0 Å².